The van der Waals surface area contributed by atoms with E-state index in [2.05, 4.69) is 0 Å². The first-order chi connectivity index (χ1) is 20.5. The smallest absolute Gasteiger partial charge is 0.257 e. The average molecular weight is 629 g/mol. The Labute approximate surface area is 261 Å². The SMILES string of the molecule is CCC(O)(c1cc(F)c2c(c1)C(=O)N([C@H](c1ccc(Cl)cc1)[C@H](C)C(C)=O)C2(OC)c1ccc(Cl)cc1)C1CCOCC1. The highest BCUT2D eigenvalue weighted by molar-refractivity contribution is 6.30. The fraction of sp³-hybridized carbons (Fsp3) is 0.412. The van der Waals surface area contributed by atoms with Crippen molar-refractivity contribution in [3.8, 4) is 0 Å². The van der Waals surface area contributed by atoms with Gasteiger partial charge in [-0.2, -0.15) is 0 Å². The van der Waals surface area contributed by atoms with Crippen LogP contribution in [0.3, 0.4) is 0 Å². The zero-order valence-corrected chi connectivity index (χ0v) is 26.2. The lowest BCUT2D eigenvalue weighted by molar-refractivity contribution is -0.131. The zero-order chi connectivity index (χ0) is 31.1. The van der Waals surface area contributed by atoms with Crippen molar-refractivity contribution in [3.63, 3.8) is 0 Å². The van der Waals surface area contributed by atoms with Crippen LogP contribution in [0.5, 0.6) is 0 Å². The molecule has 1 N–H and O–H groups in total. The van der Waals surface area contributed by atoms with Crippen LogP contribution >= 0.6 is 23.2 Å². The molecule has 1 saturated heterocycles. The standard InChI is InChI=1S/C34H36Cl2FNO5/c1-5-33(41,23-14-16-43-17-15-23)25-18-28-30(29(37)19-25)34(42-4,24-8-12-27(36)13-9-24)38(32(28)40)31(20(2)21(3)39)22-6-10-26(35)11-7-22/h6-13,18-20,23,31,41H,5,14-17H2,1-4H3/t20-,31+,33?,34?/m1/s1. The third-order valence-corrected chi connectivity index (χ3v) is 9.79. The van der Waals surface area contributed by atoms with Gasteiger partial charge in [-0.1, -0.05) is 61.3 Å². The van der Waals surface area contributed by atoms with Crippen LogP contribution in [0, 0.1) is 17.7 Å². The summed E-state index contributed by atoms with van der Waals surface area (Å²) >= 11 is 12.4. The number of amides is 1. The predicted octanol–water partition coefficient (Wildman–Crippen LogP) is 7.43. The summed E-state index contributed by atoms with van der Waals surface area (Å²) < 4.78 is 28.5. The second kappa shape index (κ2) is 12.3. The molecule has 2 aliphatic heterocycles. The van der Waals surface area contributed by atoms with Gasteiger partial charge in [-0.25, -0.2) is 4.39 Å². The molecule has 0 aliphatic carbocycles. The topological polar surface area (TPSA) is 76.1 Å². The number of Topliss-reactive ketones (excluding diaryl/α,β-unsaturated/α-hetero) is 1. The third-order valence-electron chi connectivity index (χ3n) is 9.29. The largest absolute Gasteiger partial charge is 0.385 e. The van der Waals surface area contributed by atoms with Crippen LogP contribution in [0.15, 0.2) is 60.7 Å². The van der Waals surface area contributed by atoms with E-state index in [4.69, 9.17) is 32.7 Å². The quantitative estimate of drug-likeness (QED) is 0.267. The van der Waals surface area contributed by atoms with Crippen LogP contribution < -0.4 is 0 Å². The fourth-order valence-corrected chi connectivity index (χ4v) is 7.06. The van der Waals surface area contributed by atoms with Gasteiger partial charge in [0.2, 0.25) is 0 Å². The fourth-order valence-electron chi connectivity index (χ4n) is 6.81. The first-order valence-electron chi connectivity index (χ1n) is 14.5. The monoisotopic (exact) mass is 627 g/mol. The molecule has 4 atom stereocenters. The normalized spacial score (nSPS) is 21.8. The summed E-state index contributed by atoms with van der Waals surface area (Å²) in [4.78, 5) is 29.2. The molecule has 5 rings (SSSR count). The van der Waals surface area contributed by atoms with Gasteiger partial charge in [0.15, 0.2) is 5.72 Å². The highest BCUT2D eigenvalue weighted by atomic mass is 35.5. The molecular formula is C34H36Cl2FNO5. The van der Waals surface area contributed by atoms with E-state index < -0.39 is 35.0 Å². The summed E-state index contributed by atoms with van der Waals surface area (Å²) in [7, 11) is 1.42. The van der Waals surface area contributed by atoms with Crippen molar-refractivity contribution in [1.29, 1.82) is 0 Å². The van der Waals surface area contributed by atoms with Gasteiger partial charge in [0, 0.05) is 41.9 Å². The highest BCUT2D eigenvalue weighted by Crippen LogP contribution is 2.53. The van der Waals surface area contributed by atoms with Gasteiger partial charge in [-0.15, -0.1) is 0 Å². The van der Waals surface area contributed by atoms with E-state index in [0.717, 1.165) is 0 Å². The van der Waals surface area contributed by atoms with Crippen molar-refractivity contribution in [2.24, 2.45) is 11.8 Å². The Bertz CT molecular complexity index is 1510. The molecule has 3 aromatic carbocycles. The minimum absolute atomic E-state index is 0.0196. The third kappa shape index (κ3) is 5.29. The minimum Gasteiger partial charge on any atom is -0.385 e. The molecule has 2 unspecified atom stereocenters. The number of ether oxygens (including phenoxy) is 2. The van der Waals surface area contributed by atoms with E-state index in [1.807, 2.05) is 6.92 Å². The number of methoxy groups -OCH3 is 1. The molecule has 2 aliphatic rings. The Morgan fingerprint density at radius 1 is 1.12 bits per heavy atom. The van der Waals surface area contributed by atoms with Crippen molar-refractivity contribution in [2.45, 2.75) is 57.4 Å². The first kappa shape index (κ1) is 31.6. The molecule has 0 radical (unpaired) electrons. The molecule has 2 heterocycles. The maximum Gasteiger partial charge on any atom is 0.257 e. The van der Waals surface area contributed by atoms with E-state index in [-0.39, 0.29) is 22.8 Å². The van der Waals surface area contributed by atoms with Gasteiger partial charge in [-0.05, 0) is 79.6 Å². The lowest BCUT2D eigenvalue weighted by Gasteiger charge is -2.44. The van der Waals surface area contributed by atoms with Gasteiger partial charge in [-0.3, -0.25) is 14.5 Å². The van der Waals surface area contributed by atoms with Crippen molar-refractivity contribution in [3.05, 3.63) is 104 Å². The van der Waals surface area contributed by atoms with E-state index in [0.29, 0.717) is 59.2 Å². The number of aliphatic hydroxyl groups is 1. The molecule has 1 fully saturated rings. The number of nitrogens with zero attached hydrogens (tertiary/aromatic N) is 1. The molecule has 1 amide bonds. The average Bonchev–Trinajstić information content (AvgIpc) is 3.27. The number of hydrogen-bond acceptors (Lipinski definition) is 5. The summed E-state index contributed by atoms with van der Waals surface area (Å²) in [6, 6.07) is 15.6. The van der Waals surface area contributed by atoms with E-state index in [1.54, 1.807) is 61.5 Å². The van der Waals surface area contributed by atoms with Gasteiger partial charge in [0.1, 0.15) is 11.6 Å². The minimum atomic E-state index is -1.75. The zero-order valence-electron chi connectivity index (χ0n) is 24.7. The van der Waals surface area contributed by atoms with Crippen molar-refractivity contribution >= 4 is 34.9 Å². The van der Waals surface area contributed by atoms with Crippen molar-refractivity contribution in [1.82, 2.24) is 4.90 Å². The molecule has 9 heteroatoms. The summed E-state index contributed by atoms with van der Waals surface area (Å²) in [6.07, 6.45) is 1.56. The van der Waals surface area contributed by atoms with Crippen LogP contribution in [0.1, 0.15) is 78.7 Å². The van der Waals surface area contributed by atoms with Gasteiger partial charge >= 0.3 is 0 Å². The molecule has 43 heavy (non-hydrogen) atoms. The molecule has 0 bridgehead atoms. The number of ketones is 1. The summed E-state index contributed by atoms with van der Waals surface area (Å²) in [6.45, 7) is 6.06. The number of fused-ring (bicyclic) bond motifs is 1. The molecule has 0 saturated carbocycles. The van der Waals surface area contributed by atoms with Gasteiger partial charge in [0.05, 0.1) is 22.8 Å². The molecule has 3 aromatic rings. The van der Waals surface area contributed by atoms with Crippen LogP contribution in [-0.4, -0.2) is 42.0 Å². The summed E-state index contributed by atoms with van der Waals surface area (Å²) in [5.74, 6) is -2.24. The molecule has 6 nitrogen and oxygen atoms in total. The number of carbonyl (C=O) groups is 2. The Morgan fingerprint density at radius 3 is 2.23 bits per heavy atom. The maximum atomic E-state index is 16.8. The lowest BCUT2D eigenvalue weighted by Crippen LogP contribution is -2.50. The van der Waals surface area contributed by atoms with Crippen LogP contribution in [0.25, 0.3) is 0 Å². The van der Waals surface area contributed by atoms with Gasteiger partial charge in [0.25, 0.3) is 5.91 Å². The number of halogens is 3. The molecule has 228 valence electrons. The first-order valence-corrected chi connectivity index (χ1v) is 15.3. The van der Waals surface area contributed by atoms with Crippen LogP contribution in [0.2, 0.25) is 10.0 Å². The predicted molar refractivity (Wildman–Crippen MR) is 164 cm³/mol. The van der Waals surface area contributed by atoms with Crippen LogP contribution in [-0.2, 0) is 25.6 Å². The van der Waals surface area contributed by atoms with E-state index in [1.165, 1.54) is 25.0 Å². The second-order valence-corrected chi connectivity index (χ2v) is 12.3. The summed E-state index contributed by atoms with van der Waals surface area (Å²) in [5, 5.41) is 12.9. The van der Waals surface area contributed by atoms with E-state index >= 15 is 4.39 Å². The molecular weight excluding hydrogens is 592 g/mol. The number of benzene rings is 3. The summed E-state index contributed by atoms with van der Waals surface area (Å²) in [5.41, 5.74) is -1.61. The highest BCUT2D eigenvalue weighted by Gasteiger charge is 2.58. The molecule has 0 aromatic heterocycles. The lowest BCUT2D eigenvalue weighted by atomic mass is 9.74. The number of carbonyl (C=O) groups excluding carboxylic acids is 2. The van der Waals surface area contributed by atoms with Crippen molar-refractivity contribution in [2.75, 3.05) is 20.3 Å². The Kier molecular flexibility index (Phi) is 9.04. The number of hydrogen-bond donors (Lipinski definition) is 1. The van der Waals surface area contributed by atoms with Crippen molar-refractivity contribution < 1.29 is 28.6 Å². The van der Waals surface area contributed by atoms with Gasteiger partial charge < -0.3 is 14.6 Å². The Balaban J connectivity index is 1.79. The maximum absolute atomic E-state index is 16.8. The Morgan fingerprint density at radius 2 is 1.70 bits per heavy atom. The molecule has 0 spiro atoms. The number of rotatable bonds is 9. The second-order valence-electron chi connectivity index (χ2n) is 11.5. The Hall–Kier alpha value is -2.81. The van der Waals surface area contributed by atoms with Crippen LogP contribution in [0.4, 0.5) is 4.39 Å². The van der Waals surface area contributed by atoms with E-state index in [9.17, 15) is 14.7 Å².